The van der Waals surface area contributed by atoms with E-state index in [-0.39, 0.29) is 17.1 Å². The molecule has 0 aliphatic rings. The number of aliphatic carboxylic acids is 1. The van der Waals surface area contributed by atoms with Crippen molar-refractivity contribution in [1.82, 2.24) is 0 Å². The van der Waals surface area contributed by atoms with E-state index >= 15 is 0 Å². The topological polar surface area (TPSA) is 93.1 Å². The molecule has 0 fully saturated rings. The number of carboxylic acids is 1. The van der Waals surface area contributed by atoms with Crippen LogP contribution in [0.2, 0.25) is 0 Å². The molecule has 0 aliphatic heterocycles. The van der Waals surface area contributed by atoms with Gasteiger partial charge in [0.05, 0.1) is 14.2 Å². The minimum Gasteiger partial charge on any atom is -0.507 e. The number of ketones is 1. The first-order valence-corrected chi connectivity index (χ1v) is 4.90. The molecule has 2 N–H and O–H groups in total. The SMILES string of the molecule is COc1cccc(OC)c1C(O)=CC(=O)C(=O)O. The van der Waals surface area contributed by atoms with Crippen LogP contribution in [0.1, 0.15) is 5.56 Å². The van der Waals surface area contributed by atoms with E-state index < -0.39 is 17.5 Å². The largest absolute Gasteiger partial charge is 0.507 e. The summed E-state index contributed by atoms with van der Waals surface area (Å²) in [5.74, 6) is -2.89. The number of ether oxygens (including phenoxy) is 2. The van der Waals surface area contributed by atoms with Gasteiger partial charge in [0.1, 0.15) is 22.8 Å². The lowest BCUT2D eigenvalue weighted by Crippen LogP contribution is -2.10. The summed E-state index contributed by atoms with van der Waals surface area (Å²) in [5.41, 5.74) is 0.122. The molecule has 0 aromatic heterocycles. The minimum atomic E-state index is -1.66. The van der Waals surface area contributed by atoms with E-state index in [9.17, 15) is 14.7 Å². The lowest BCUT2D eigenvalue weighted by atomic mass is 10.1. The Hall–Kier alpha value is -2.50. The molecule has 0 heterocycles. The van der Waals surface area contributed by atoms with Crippen molar-refractivity contribution in [3.8, 4) is 11.5 Å². The fourth-order valence-corrected chi connectivity index (χ4v) is 1.36. The van der Waals surface area contributed by atoms with Gasteiger partial charge in [0, 0.05) is 6.08 Å². The second-order valence-electron chi connectivity index (χ2n) is 3.24. The van der Waals surface area contributed by atoms with E-state index in [0.29, 0.717) is 6.08 Å². The van der Waals surface area contributed by atoms with Crippen molar-refractivity contribution in [2.45, 2.75) is 0 Å². The summed E-state index contributed by atoms with van der Waals surface area (Å²) in [6.45, 7) is 0. The Kier molecular flexibility index (Phi) is 4.31. The first-order valence-electron chi connectivity index (χ1n) is 4.90. The molecular formula is C12H12O6. The van der Waals surface area contributed by atoms with E-state index in [1.165, 1.54) is 14.2 Å². The molecule has 0 aliphatic carbocycles. The van der Waals surface area contributed by atoms with Crippen LogP contribution in [0.5, 0.6) is 11.5 Å². The third-order valence-corrected chi connectivity index (χ3v) is 2.16. The van der Waals surface area contributed by atoms with Crippen molar-refractivity contribution in [2.75, 3.05) is 14.2 Å². The maximum absolute atomic E-state index is 11.0. The van der Waals surface area contributed by atoms with Crippen molar-refractivity contribution >= 4 is 17.5 Å². The summed E-state index contributed by atoms with van der Waals surface area (Å²) in [6.07, 6.45) is 0.600. The third kappa shape index (κ3) is 2.79. The summed E-state index contributed by atoms with van der Waals surface area (Å²) in [7, 11) is 2.76. The zero-order chi connectivity index (χ0) is 13.7. The molecule has 0 atom stereocenters. The molecule has 18 heavy (non-hydrogen) atoms. The van der Waals surface area contributed by atoms with Crippen molar-refractivity contribution in [2.24, 2.45) is 0 Å². The van der Waals surface area contributed by atoms with Crippen LogP contribution in [0.4, 0.5) is 0 Å². The zero-order valence-electron chi connectivity index (χ0n) is 9.84. The average Bonchev–Trinajstić information content (AvgIpc) is 2.37. The summed E-state index contributed by atoms with van der Waals surface area (Å²) in [6, 6.07) is 4.73. The summed E-state index contributed by atoms with van der Waals surface area (Å²) in [4.78, 5) is 21.4. The first kappa shape index (κ1) is 13.6. The van der Waals surface area contributed by atoms with Crippen molar-refractivity contribution in [3.63, 3.8) is 0 Å². The standard InChI is InChI=1S/C12H12O6/c1-17-9-4-3-5-10(18-2)11(9)7(13)6-8(14)12(15)16/h3-6,13H,1-2H3,(H,15,16). The Morgan fingerprint density at radius 2 is 1.61 bits per heavy atom. The van der Waals surface area contributed by atoms with Gasteiger partial charge in [-0.05, 0) is 12.1 Å². The lowest BCUT2D eigenvalue weighted by Gasteiger charge is -2.11. The molecule has 6 nitrogen and oxygen atoms in total. The van der Waals surface area contributed by atoms with Crippen molar-refractivity contribution < 1.29 is 29.3 Å². The summed E-state index contributed by atoms with van der Waals surface area (Å²) < 4.78 is 10.0. The fraction of sp³-hybridized carbons (Fsp3) is 0.167. The maximum atomic E-state index is 11.0. The van der Waals surface area contributed by atoms with E-state index in [0.717, 1.165) is 0 Å². The molecule has 0 radical (unpaired) electrons. The number of carbonyl (C=O) groups excluding carboxylic acids is 1. The third-order valence-electron chi connectivity index (χ3n) is 2.16. The number of methoxy groups -OCH3 is 2. The van der Waals surface area contributed by atoms with Gasteiger partial charge >= 0.3 is 5.97 Å². The minimum absolute atomic E-state index is 0.122. The number of aliphatic hydroxyl groups is 1. The lowest BCUT2D eigenvalue weighted by molar-refractivity contribution is -0.146. The van der Waals surface area contributed by atoms with Crippen LogP contribution in [-0.4, -0.2) is 36.2 Å². The zero-order valence-corrected chi connectivity index (χ0v) is 9.84. The van der Waals surface area contributed by atoms with Gasteiger partial charge in [-0.15, -0.1) is 0 Å². The van der Waals surface area contributed by atoms with Crippen LogP contribution in [0.15, 0.2) is 24.3 Å². The van der Waals surface area contributed by atoms with E-state index in [1.54, 1.807) is 18.2 Å². The van der Waals surface area contributed by atoms with E-state index in [1.807, 2.05) is 0 Å². The molecule has 1 aromatic rings. The smallest absolute Gasteiger partial charge is 0.376 e. The van der Waals surface area contributed by atoms with Gasteiger partial charge in [0.25, 0.3) is 5.78 Å². The number of hydrogen-bond acceptors (Lipinski definition) is 5. The first-order chi connectivity index (χ1) is 8.51. The van der Waals surface area contributed by atoms with Gasteiger partial charge in [0.2, 0.25) is 0 Å². The van der Waals surface area contributed by atoms with Gasteiger partial charge in [-0.1, -0.05) is 6.07 Å². The molecule has 0 bridgehead atoms. The number of hydrogen-bond donors (Lipinski definition) is 2. The normalized spacial score (nSPS) is 10.9. The van der Waals surface area contributed by atoms with Crippen molar-refractivity contribution in [3.05, 3.63) is 29.8 Å². The number of carbonyl (C=O) groups is 2. The van der Waals surface area contributed by atoms with Gasteiger partial charge < -0.3 is 19.7 Å². The Morgan fingerprint density at radius 3 is 2.00 bits per heavy atom. The van der Waals surface area contributed by atoms with Gasteiger partial charge in [0.15, 0.2) is 0 Å². The highest BCUT2D eigenvalue weighted by Crippen LogP contribution is 2.33. The van der Waals surface area contributed by atoms with Crippen LogP contribution in [-0.2, 0) is 9.59 Å². The summed E-state index contributed by atoms with van der Waals surface area (Å²) in [5, 5.41) is 18.2. The molecule has 0 unspecified atom stereocenters. The number of aliphatic hydroxyl groups excluding tert-OH is 1. The highest BCUT2D eigenvalue weighted by Gasteiger charge is 2.17. The van der Waals surface area contributed by atoms with Crippen LogP contribution in [0, 0.1) is 0 Å². The summed E-state index contributed by atoms with van der Waals surface area (Å²) >= 11 is 0. The van der Waals surface area contributed by atoms with Gasteiger partial charge in [-0.3, -0.25) is 4.79 Å². The average molecular weight is 252 g/mol. The number of carboxylic acid groups (broad SMARTS) is 1. The molecule has 0 saturated carbocycles. The van der Waals surface area contributed by atoms with Crippen LogP contribution in [0.3, 0.4) is 0 Å². The Bertz CT molecular complexity index is 481. The predicted octanol–water partition coefficient (Wildman–Crippen LogP) is 1.26. The van der Waals surface area contributed by atoms with Crippen LogP contribution in [0.25, 0.3) is 5.76 Å². The van der Waals surface area contributed by atoms with Crippen LogP contribution < -0.4 is 9.47 Å². The highest BCUT2D eigenvalue weighted by atomic mass is 16.5. The highest BCUT2D eigenvalue weighted by molar-refractivity contribution is 6.38. The molecule has 0 amide bonds. The second kappa shape index (κ2) is 5.72. The predicted molar refractivity (Wildman–Crippen MR) is 62.8 cm³/mol. The van der Waals surface area contributed by atoms with E-state index in [4.69, 9.17) is 14.6 Å². The van der Waals surface area contributed by atoms with E-state index in [2.05, 4.69) is 0 Å². The fourth-order valence-electron chi connectivity index (χ4n) is 1.36. The quantitative estimate of drug-likeness (QED) is 0.465. The molecule has 1 aromatic carbocycles. The monoisotopic (exact) mass is 252 g/mol. The van der Waals surface area contributed by atoms with Crippen molar-refractivity contribution in [1.29, 1.82) is 0 Å². The molecule has 0 spiro atoms. The number of benzene rings is 1. The molecule has 6 heteroatoms. The molecular weight excluding hydrogens is 240 g/mol. The number of rotatable bonds is 5. The van der Waals surface area contributed by atoms with Gasteiger partial charge in [-0.25, -0.2) is 4.79 Å². The Morgan fingerprint density at radius 1 is 1.11 bits per heavy atom. The van der Waals surface area contributed by atoms with Crippen LogP contribution >= 0.6 is 0 Å². The maximum Gasteiger partial charge on any atom is 0.376 e. The molecule has 96 valence electrons. The molecule has 0 saturated heterocycles. The second-order valence-corrected chi connectivity index (χ2v) is 3.24. The Balaban J connectivity index is 3.30. The Labute approximate surface area is 103 Å². The van der Waals surface area contributed by atoms with Gasteiger partial charge in [-0.2, -0.15) is 0 Å². The molecule has 1 rings (SSSR count).